The van der Waals surface area contributed by atoms with Crippen molar-refractivity contribution in [1.29, 1.82) is 0 Å². The minimum absolute atomic E-state index is 0.0626. The Morgan fingerprint density at radius 1 is 1.11 bits per heavy atom. The molecule has 0 fully saturated rings. The van der Waals surface area contributed by atoms with Crippen molar-refractivity contribution in [2.45, 2.75) is 13.8 Å². The van der Waals surface area contributed by atoms with E-state index in [0.29, 0.717) is 23.5 Å². The second-order valence-electron chi connectivity index (χ2n) is 5.86. The van der Waals surface area contributed by atoms with Crippen molar-refractivity contribution < 1.29 is 23.7 Å². The molecule has 0 saturated carbocycles. The summed E-state index contributed by atoms with van der Waals surface area (Å²) in [6, 6.07) is 10.2. The van der Waals surface area contributed by atoms with Gasteiger partial charge in [-0.3, -0.25) is 30.6 Å². The molecule has 2 N–H and O–H groups in total. The number of carbonyl (C=O) groups excluding carboxylic acids is 2. The Balaban J connectivity index is 1.71. The predicted molar refractivity (Wildman–Crippen MR) is 100 cm³/mol. The maximum absolute atomic E-state index is 12.4. The standard InChI is InChI=1S/C19H17N3O6/c1-3-27-14-8-9-16-15(10-14)11(2)17(28-16)19(24)21-20-18(23)12-4-6-13(7-5-12)22(25)26/h4-10H,3H2,1-2H3,(H,20,23)(H,21,24). The zero-order valence-corrected chi connectivity index (χ0v) is 15.1. The highest BCUT2D eigenvalue weighted by molar-refractivity contribution is 6.01. The Hall–Kier alpha value is -3.88. The molecular weight excluding hydrogens is 366 g/mol. The number of ether oxygens (including phenoxy) is 1. The topological polar surface area (TPSA) is 124 Å². The number of fused-ring (bicyclic) bond motifs is 1. The van der Waals surface area contributed by atoms with Crippen LogP contribution in [0.25, 0.3) is 11.0 Å². The number of rotatable bonds is 5. The first-order chi connectivity index (χ1) is 13.4. The SMILES string of the molecule is CCOc1ccc2oc(C(=O)NNC(=O)c3ccc([N+](=O)[O-])cc3)c(C)c2c1. The van der Waals surface area contributed by atoms with Crippen LogP contribution >= 0.6 is 0 Å². The van der Waals surface area contributed by atoms with Crippen molar-refractivity contribution in [3.63, 3.8) is 0 Å². The Morgan fingerprint density at radius 3 is 2.43 bits per heavy atom. The fourth-order valence-corrected chi connectivity index (χ4v) is 2.65. The third-order valence-electron chi connectivity index (χ3n) is 4.05. The van der Waals surface area contributed by atoms with Crippen molar-refractivity contribution in [3.05, 3.63) is 69.5 Å². The van der Waals surface area contributed by atoms with Gasteiger partial charge in [-0.2, -0.15) is 0 Å². The van der Waals surface area contributed by atoms with Crippen LogP contribution in [-0.4, -0.2) is 23.3 Å². The van der Waals surface area contributed by atoms with E-state index < -0.39 is 16.7 Å². The quantitative estimate of drug-likeness (QED) is 0.515. The first-order valence-electron chi connectivity index (χ1n) is 8.41. The van der Waals surface area contributed by atoms with Crippen LogP contribution < -0.4 is 15.6 Å². The summed E-state index contributed by atoms with van der Waals surface area (Å²) in [4.78, 5) is 34.6. The largest absolute Gasteiger partial charge is 0.494 e. The van der Waals surface area contributed by atoms with E-state index in [-0.39, 0.29) is 17.0 Å². The van der Waals surface area contributed by atoms with Gasteiger partial charge in [0.05, 0.1) is 11.5 Å². The second-order valence-corrected chi connectivity index (χ2v) is 5.86. The van der Waals surface area contributed by atoms with E-state index in [1.165, 1.54) is 24.3 Å². The number of aryl methyl sites for hydroxylation is 1. The molecule has 0 aliphatic carbocycles. The Bertz CT molecular complexity index is 1060. The van der Waals surface area contributed by atoms with Crippen molar-refractivity contribution >= 4 is 28.5 Å². The number of hydrogen-bond acceptors (Lipinski definition) is 6. The molecule has 0 aliphatic rings. The number of nitro groups is 1. The Kier molecular flexibility index (Phi) is 5.25. The van der Waals surface area contributed by atoms with E-state index in [0.717, 1.165) is 5.39 Å². The van der Waals surface area contributed by atoms with E-state index >= 15 is 0 Å². The third kappa shape index (κ3) is 3.78. The van der Waals surface area contributed by atoms with Gasteiger partial charge in [0.1, 0.15) is 11.3 Å². The van der Waals surface area contributed by atoms with Crippen LogP contribution in [0.15, 0.2) is 46.9 Å². The Morgan fingerprint density at radius 2 is 1.79 bits per heavy atom. The molecule has 2 amide bonds. The fourth-order valence-electron chi connectivity index (χ4n) is 2.65. The maximum Gasteiger partial charge on any atom is 0.305 e. The average Bonchev–Trinajstić information content (AvgIpc) is 3.02. The van der Waals surface area contributed by atoms with E-state index in [4.69, 9.17) is 9.15 Å². The van der Waals surface area contributed by atoms with Crippen LogP contribution in [0.4, 0.5) is 5.69 Å². The molecule has 0 atom stereocenters. The number of non-ortho nitro benzene ring substituents is 1. The van der Waals surface area contributed by atoms with Gasteiger partial charge in [-0.05, 0) is 44.2 Å². The molecule has 0 bridgehead atoms. The highest BCUT2D eigenvalue weighted by Gasteiger charge is 2.19. The summed E-state index contributed by atoms with van der Waals surface area (Å²) in [6.07, 6.45) is 0. The van der Waals surface area contributed by atoms with E-state index in [2.05, 4.69) is 10.9 Å². The summed E-state index contributed by atoms with van der Waals surface area (Å²) in [5.74, 6) is -0.512. The van der Waals surface area contributed by atoms with Gasteiger partial charge in [-0.25, -0.2) is 0 Å². The second kappa shape index (κ2) is 7.78. The van der Waals surface area contributed by atoms with Gasteiger partial charge in [0.15, 0.2) is 5.76 Å². The van der Waals surface area contributed by atoms with Crippen LogP contribution in [-0.2, 0) is 0 Å². The number of nitrogens with one attached hydrogen (secondary N) is 2. The minimum Gasteiger partial charge on any atom is -0.494 e. The average molecular weight is 383 g/mol. The molecule has 9 heteroatoms. The number of hydrazine groups is 1. The van der Waals surface area contributed by atoms with E-state index in [1.807, 2.05) is 6.92 Å². The van der Waals surface area contributed by atoms with Crippen molar-refractivity contribution in [1.82, 2.24) is 10.9 Å². The van der Waals surface area contributed by atoms with Crippen LogP contribution in [0.3, 0.4) is 0 Å². The molecule has 0 saturated heterocycles. The molecule has 28 heavy (non-hydrogen) atoms. The zero-order chi connectivity index (χ0) is 20.3. The number of benzene rings is 2. The lowest BCUT2D eigenvalue weighted by atomic mass is 10.1. The molecule has 0 spiro atoms. The summed E-state index contributed by atoms with van der Waals surface area (Å²) < 4.78 is 11.0. The lowest BCUT2D eigenvalue weighted by molar-refractivity contribution is -0.384. The molecule has 0 aliphatic heterocycles. The van der Waals surface area contributed by atoms with Gasteiger partial charge in [0.25, 0.3) is 11.6 Å². The van der Waals surface area contributed by atoms with Gasteiger partial charge < -0.3 is 9.15 Å². The molecule has 2 aromatic carbocycles. The van der Waals surface area contributed by atoms with Crippen LogP contribution in [0.5, 0.6) is 5.75 Å². The molecule has 0 radical (unpaired) electrons. The van der Waals surface area contributed by atoms with Crippen LogP contribution in [0.1, 0.15) is 33.4 Å². The molecular formula is C19H17N3O6. The third-order valence-corrected chi connectivity index (χ3v) is 4.05. The molecule has 9 nitrogen and oxygen atoms in total. The summed E-state index contributed by atoms with van der Waals surface area (Å²) in [7, 11) is 0. The number of nitro benzene ring substituents is 1. The summed E-state index contributed by atoms with van der Waals surface area (Å²) in [6.45, 7) is 4.12. The molecule has 3 aromatic rings. The van der Waals surface area contributed by atoms with Gasteiger partial charge >= 0.3 is 5.91 Å². The van der Waals surface area contributed by atoms with Gasteiger partial charge in [-0.1, -0.05) is 0 Å². The van der Waals surface area contributed by atoms with Crippen molar-refractivity contribution in [2.24, 2.45) is 0 Å². The number of amides is 2. The monoisotopic (exact) mass is 383 g/mol. The summed E-state index contributed by atoms with van der Waals surface area (Å²) >= 11 is 0. The van der Waals surface area contributed by atoms with Gasteiger partial charge in [0.2, 0.25) is 0 Å². The molecule has 1 heterocycles. The summed E-state index contributed by atoms with van der Waals surface area (Å²) in [5, 5.41) is 11.4. The summed E-state index contributed by atoms with van der Waals surface area (Å²) in [5.41, 5.74) is 5.69. The predicted octanol–water partition coefficient (Wildman–Crippen LogP) is 3.12. The number of carbonyl (C=O) groups is 2. The highest BCUT2D eigenvalue weighted by Crippen LogP contribution is 2.28. The lowest BCUT2D eigenvalue weighted by Gasteiger charge is -2.06. The van der Waals surface area contributed by atoms with Crippen LogP contribution in [0.2, 0.25) is 0 Å². The number of furan rings is 1. The van der Waals surface area contributed by atoms with Gasteiger partial charge in [0, 0.05) is 28.6 Å². The Labute approximate surface area is 159 Å². The van der Waals surface area contributed by atoms with E-state index in [1.54, 1.807) is 25.1 Å². The molecule has 0 unspecified atom stereocenters. The smallest absolute Gasteiger partial charge is 0.305 e. The van der Waals surface area contributed by atoms with Crippen molar-refractivity contribution in [2.75, 3.05) is 6.61 Å². The fraction of sp³-hybridized carbons (Fsp3) is 0.158. The highest BCUT2D eigenvalue weighted by atomic mass is 16.6. The van der Waals surface area contributed by atoms with Crippen molar-refractivity contribution in [3.8, 4) is 5.75 Å². The first kappa shape index (κ1) is 18.9. The lowest BCUT2D eigenvalue weighted by Crippen LogP contribution is -2.41. The van der Waals surface area contributed by atoms with Gasteiger partial charge in [-0.15, -0.1) is 0 Å². The van der Waals surface area contributed by atoms with E-state index in [9.17, 15) is 19.7 Å². The first-order valence-corrected chi connectivity index (χ1v) is 8.41. The molecule has 144 valence electrons. The normalized spacial score (nSPS) is 10.5. The molecule has 1 aromatic heterocycles. The number of nitrogens with zero attached hydrogens (tertiary/aromatic N) is 1. The number of hydrogen-bond donors (Lipinski definition) is 2. The zero-order valence-electron chi connectivity index (χ0n) is 15.1. The minimum atomic E-state index is -0.623. The molecule has 3 rings (SSSR count). The maximum atomic E-state index is 12.4. The van der Waals surface area contributed by atoms with Crippen LogP contribution in [0, 0.1) is 17.0 Å².